The summed E-state index contributed by atoms with van der Waals surface area (Å²) in [6, 6.07) is 0. The Balaban J connectivity index is 2.30. The fourth-order valence-corrected chi connectivity index (χ4v) is 2.94. The molecule has 0 saturated carbocycles. The molecule has 0 aliphatic heterocycles. The third-order valence-corrected chi connectivity index (χ3v) is 4.21. The van der Waals surface area contributed by atoms with Crippen LogP contribution in [0.25, 0.3) is 0 Å². The lowest BCUT2D eigenvalue weighted by Gasteiger charge is -1.88. The van der Waals surface area contributed by atoms with E-state index in [-0.39, 0.29) is 0 Å². The first-order valence-electron chi connectivity index (χ1n) is 2.62. The number of aromatic nitrogens is 1. The van der Waals surface area contributed by atoms with Crippen LogP contribution in [0.3, 0.4) is 0 Å². The lowest BCUT2D eigenvalue weighted by Crippen LogP contribution is -1.61. The zero-order chi connectivity index (χ0) is 6.53. The van der Waals surface area contributed by atoms with E-state index in [9.17, 15) is 0 Å². The van der Waals surface area contributed by atoms with Crippen LogP contribution in [0.15, 0.2) is 15.9 Å². The Morgan fingerprint density at radius 2 is 2.67 bits per heavy atom. The minimum absolute atomic E-state index is 1.14. The number of rotatable bonds is 3. The average molecular weight is 177 g/mol. The zero-order valence-electron chi connectivity index (χ0n) is 5.03. The summed E-state index contributed by atoms with van der Waals surface area (Å²) in [6.45, 7) is 2.14. The van der Waals surface area contributed by atoms with Crippen molar-refractivity contribution in [2.24, 2.45) is 0 Å². The zero-order valence-corrected chi connectivity index (χ0v) is 7.48. The van der Waals surface area contributed by atoms with E-state index < -0.39 is 0 Å². The maximum Gasteiger partial charge on any atom is 0.160 e. The topological polar surface area (TPSA) is 12.9 Å². The predicted molar refractivity (Wildman–Crippen MR) is 46.1 cm³/mol. The van der Waals surface area contributed by atoms with Gasteiger partial charge in [-0.25, -0.2) is 4.98 Å². The molecular weight excluding hydrogens is 170 g/mol. The van der Waals surface area contributed by atoms with Crippen LogP contribution in [0.5, 0.6) is 0 Å². The van der Waals surface area contributed by atoms with Crippen LogP contribution in [0.4, 0.5) is 0 Å². The Labute approximate surface area is 66.7 Å². The largest absolute Gasteiger partial charge is 0.237 e. The highest BCUT2D eigenvalue weighted by molar-refractivity contribution is 8.77. The Bertz CT molecular complexity index is 149. The lowest BCUT2D eigenvalue weighted by molar-refractivity contribution is 1.26. The lowest BCUT2D eigenvalue weighted by atomic mass is 11.0. The van der Waals surface area contributed by atoms with E-state index in [0.717, 1.165) is 10.1 Å². The monoisotopic (exact) mass is 177 g/mol. The molecule has 1 aromatic rings. The van der Waals surface area contributed by atoms with Gasteiger partial charge in [0.2, 0.25) is 0 Å². The van der Waals surface area contributed by atoms with Gasteiger partial charge >= 0.3 is 0 Å². The number of hydrogen-bond acceptors (Lipinski definition) is 4. The first kappa shape index (κ1) is 7.44. The van der Waals surface area contributed by atoms with Gasteiger partial charge in [-0.05, 0) is 10.8 Å². The SMILES string of the molecule is CCSSc1nccs1. The van der Waals surface area contributed by atoms with Crippen molar-refractivity contribution in [2.45, 2.75) is 11.3 Å². The van der Waals surface area contributed by atoms with E-state index in [2.05, 4.69) is 11.9 Å². The van der Waals surface area contributed by atoms with Gasteiger partial charge in [0.1, 0.15) is 0 Å². The van der Waals surface area contributed by atoms with Gasteiger partial charge in [-0.3, -0.25) is 0 Å². The molecule has 0 aromatic carbocycles. The summed E-state index contributed by atoms with van der Waals surface area (Å²) in [5, 5.41) is 2.00. The minimum atomic E-state index is 1.14. The van der Waals surface area contributed by atoms with Crippen molar-refractivity contribution < 1.29 is 0 Å². The quantitative estimate of drug-likeness (QED) is 0.659. The van der Waals surface area contributed by atoms with Gasteiger partial charge in [0, 0.05) is 17.3 Å². The molecule has 0 aliphatic carbocycles. The fraction of sp³-hybridized carbons (Fsp3) is 0.400. The van der Waals surface area contributed by atoms with Crippen LogP contribution in [-0.4, -0.2) is 10.7 Å². The standard InChI is InChI=1S/C5H7NS3/c1-2-8-9-5-6-3-4-7-5/h3-4H,2H2,1H3. The van der Waals surface area contributed by atoms with Crippen LogP contribution >= 0.6 is 32.9 Å². The Hall–Kier alpha value is 0.330. The molecular formula is C5H7NS3. The molecule has 9 heavy (non-hydrogen) atoms. The highest BCUT2D eigenvalue weighted by atomic mass is 33.1. The van der Waals surface area contributed by atoms with E-state index in [1.54, 1.807) is 22.1 Å². The van der Waals surface area contributed by atoms with Crippen molar-refractivity contribution in [3.63, 3.8) is 0 Å². The Morgan fingerprint density at radius 1 is 1.78 bits per heavy atom. The van der Waals surface area contributed by atoms with Gasteiger partial charge in [-0.2, -0.15) is 0 Å². The first-order valence-corrected chi connectivity index (χ1v) is 5.82. The summed E-state index contributed by atoms with van der Waals surface area (Å²) in [7, 11) is 3.58. The van der Waals surface area contributed by atoms with Gasteiger partial charge in [0.15, 0.2) is 4.34 Å². The first-order chi connectivity index (χ1) is 4.43. The van der Waals surface area contributed by atoms with Crippen molar-refractivity contribution in [1.29, 1.82) is 0 Å². The van der Waals surface area contributed by atoms with Crippen molar-refractivity contribution in [3.8, 4) is 0 Å². The van der Waals surface area contributed by atoms with Gasteiger partial charge < -0.3 is 0 Å². The smallest absolute Gasteiger partial charge is 0.160 e. The molecule has 1 aromatic heterocycles. The van der Waals surface area contributed by atoms with Crippen molar-refractivity contribution in [3.05, 3.63) is 11.6 Å². The van der Waals surface area contributed by atoms with Gasteiger partial charge in [-0.15, -0.1) is 11.3 Å². The maximum absolute atomic E-state index is 4.11. The maximum atomic E-state index is 4.11. The molecule has 0 radical (unpaired) electrons. The highest BCUT2D eigenvalue weighted by Crippen LogP contribution is 2.31. The molecule has 50 valence electrons. The molecule has 4 heteroatoms. The second-order valence-corrected chi connectivity index (χ2v) is 5.01. The molecule has 0 fully saturated rings. The number of hydrogen-bond donors (Lipinski definition) is 0. The summed E-state index contributed by atoms with van der Waals surface area (Å²) >= 11 is 1.69. The van der Waals surface area contributed by atoms with Gasteiger partial charge in [0.25, 0.3) is 0 Å². The van der Waals surface area contributed by atoms with Crippen molar-refractivity contribution in [2.75, 3.05) is 5.75 Å². The fourth-order valence-electron chi connectivity index (χ4n) is 0.361. The van der Waals surface area contributed by atoms with Crippen molar-refractivity contribution >= 4 is 32.9 Å². The average Bonchev–Trinajstić information content (AvgIpc) is 2.34. The molecule has 0 spiro atoms. The van der Waals surface area contributed by atoms with Crippen LogP contribution in [-0.2, 0) is 0 Å². The third kappa shape index (κ3) is 2.60. The molecule has 0 saturated heterocycles. The summed E-state index contributed by atoms with van der Waals surface area (Å²) in [5.41, 5.74) is 0. The predicted octanol–water partition coefficient (Wildman–Crippen LogP) is 2.90. The normalized spacial score (nSPS) is 9.89. The van der Waals surface area contributed by atoms with Crippen LogP contribution < -0.4 is 0 Å². The van der Waals surface area contributed by atoms with E-state index in [4.69, 9.17) is 0 Å². The number of thiazole rings is 1. The molecule has 0 aliphatic rings. The molecule has 0 atom stereocenters. The Morgan fingerprint density at radius 3 is 3.22 bits per heavy atom. The minimum Gasteiger partial charge on any atom is -0.237 e. The summed E-state index contributed by atoms with van der Waals surface area (Å²) in [5.74, 6) is 1.14. The van der Waals surface area contributed by atoms with Crippen LogP contribution in [0.2, 0.25) is 0 Å². The molecule has 1 heterocycles. The summed E-state index contributed by atoms with van der Waals surface area (Å²) in [6.07, 6.45) is 1.84. The molecule has 1 rings (SSSR count). The molecule has 0 amide bonds. The molecule has 0 bridgehead atoms. The van der Waals surface area contributed by atoms with Crippen LogP contribution in [0, 0.1) is 0 Å². The van der Waals surface area contributed by atoms with E-state index in [1.807, 2.05) is 22.4 Å². The van der Waals surface area contributed by atoms with Gasteiger partial charge in [0.05, 0.1) is 0 Å². The second kappa shape index (κ2) is 4.19. The highest BCUT2D eigenvalue weighted by Gasteiger charge is 1.92. The summed E-state index contributed by atoms with van der Waals surface area (Å²) < 4.78 is 1.15. The van der Waals surface area contributed by atoms with E-state index in [1.165, 1.54) is 0 Å². The van der Waals surface area contributed by atoms with Crippen molar-refractivity contribution in [1.82, 2.24) is 4.98 Å². The third-order valence-electron chi connectivity index (χ3n) is 0.658. The molecule has 1 nitrogen and oxygen atoms in total. The van der Waals surface area contributed by atoms with E-state index >= 15 is 0 Å². The number of nitrogens with zero attached hydrogens (tertiary/aromatic N) is 1. The summed E-state index contributed by atoms with van der Waals surface area (Å²) in [4.78, 5) is 4.11. The second-order valence-electron chi connectivity index (χ2n) is 1.29. The molecule has 0 N–H and O–H groups in total. The molecule has 0 unspecified atom stereocenters. The van der Waals surface area contributed by atoms with Gasteiger partial charge in [-0.1, -0.05) is 17.7 Å². The van der Waals surface area contributed by atoms with Crippen LogP contribution in [0.1, 0.15) is 6.92 Å². The Kier molecular flexibility index (Phi) is 3.47. The van der Waals surface area contributed by atoms with E-state index in [0.29, 0.717) is 0 Å².